The van der Waals surface area contributed by atoms with Gasteiger partial charge in [-0.2, -0.15) is 0 Å². The van der Waals surface area contributed by atoms with Crippen molar-refractivity contribution >= 4 is 19.7 Å². The predicted octanol–water partition coefficient (Wildman–Crippen LogP) is 2.73. The average Bonchev–Trinajstić information content (AvgIpc) is 2.21. The van der Waals surface area contributed by atoms with E-state index in [2.05, 4.69) is 0 Å². The molecule has 1 aromatic rings. The Kier molecular flexibility index (Phi) is 3.94. The van der Waals surface area contributed by atoms with Crippen molar-refractivity contribution in [2.75, 3.05) is 5.75 Å². The Bertz CT molecular complexity index is 480. The highest BCUT2D eigenvalue weighted by Gasteiger charge is 2.20. The fourth-order valence-electron chi connectivity index (χ4n) is 1.73. The smallest absolute Gasteiger partial charge is 0.232 e. The van der Waals surface area contributed by atoms with Crippen molar-refractivity contribution in [3.05, 3.63) is 29.8 Å². The van der Waals surface area contributed by atoms with E-state index >= 15 is 0 Å². The third-order valence-corrected chi connectivity index (χ3v) is 4.09. The van der Waals surface area contributed by atoms with Gasteiger partial charge in [0, 0.05) is 10.7 Å². The summed E-state index contributed by atoms with van der Waals surface area (Å²) < 4.78 is 27.7. The topological polar surface area (TPSA) is 43.4 Å². The van der Waals surface area contributed by atoms with Crippen LogP contribution in [0.15, 0.2) is 24.3 Å². The second-order valence-electron chi connectivity index (χ2n) is 4.27. The Morgan fingerprint density at radius 1 is 1.29 bits per heavy atom. The van der Waals surface area contributed by atoms with Gasteiger partial charge in [0.1, 0.15) is 5.75 Å². The Morgan fingerprint density at radius 2 is 2.00 bits per heavy atom. The highest BCUT2D eigenvalue weighted by Crippen LogP contribution is 2.28. The van der Waals surface area contributed by atoms with Gasteiger partial charge < -0.3 is 4.74 Å². The second kappa shape index (κ2) is 5.27. The van der Waals surface area contributed by atoms with Gasteiger partial charge in [0.05, 0.1) is 11.9 Å². The van der Waals surface area contributed by atoms with Crippen LogP contribution in [-0.2, 0) is 15.5 Å². The molecule has 17 heavy (non-hydrogen) atoms. The van der Waals surface area contributed by atoms with Gasteiger partial charge in [-0.15, -0.1) is 0 Å². The summed E-state index contributed by atoms with van der Waals surface area (Å²) in [5.41, 5.74) is 0.906. The number of aryl methyl sites for hydroxylation is 1. The Balaban J connectivity index is 2.04. The summed E-state index contributed by atoms with van der Waals surface area (Å²) in [6, 6.07) is 7.54. The summed E-state index contributed by atoms with van der Waals surface area (Å²) in [7, 11) is 1.77. The SMILES string of the molecule is O=S(=O)(Cl)CCc1ccccc1OC1CCC1. The van der Waals surface area contributed by atoms with Gasteiger partial charge in [0.15, 0.2) is 0 Å². The van der Waals surface area contributed by atoms with Crippen molar-refractivity contribution in [1.82, 2.24) is 0 Å². The standard InChI is InChI=1S/C12H15ClO3S/c13-17(14,15)9-8-10-4-1-2-7-12(10)16-11-5-3-6-11/h1-2,4,7,11H,3,5-6,8-9H2. The highest BCUT2D eigenvalue weighted by molar-refractivity contribution is 8.13. The molecule has 5 heteroatoms. The Hall–Kier alpha value is -0.740. The van der Waals surface area contributed by atoms with E-state index in [4.69, 9.17) is 15.4 Å². The molecule has 2 rings (SSSR count). The molecule has 0 atom stereocenters. The molecule has 0 radical (unpaired) electrons. The number of benzene rings is 1. The number of hydrogen-bond donors (Lipinski definition) is 0. The van der Waals surface area contributed by atoms with E-state index in [9.17, 15) is 8.42 Å². The van der Waals surface area contributed by atoms with Crippen LogP contribution in [0.3, 0.4) is 0 Å². The normalized spacial score (nSPS) is 16.5. The molecule has 1 saturated carbocycles. The molecule has 0 aromatic heterocycles. The van der Waals surface area contributed by atoms with Crippen molar-refractivity contribution in [1.29, 1.82) is 0 Å². The van der Waals surface area contributed by atoms with E-state index in [-0.39, 0.29) is 5.75 Å². The Morgan fingerprint density at radius 3 is 2.59 bits per heavy atom. The third-order valence-electron chi connectivity index (χ3n) is 2.93. The molecule has 0 amide bonds. The van der Waals surface area contributed by atoms with Crippen molar-refractivity contribution in [2.24, 2.45) is 0 Å². The van der Waals surface area contributed by atoms with E-state index in [1.165, 1.54) is 6.42 Å². The fraction of sp³-hybridized carbons (Fsp3) is 0.500. The number of rotatable bonds is 5. The van der Waals surface area contributed by atoms with Crippen molar-refractivity contribution in [2.45, 2.75) is 31.8 Å². The number of ether oxygens (including phenoxy) is 1. The minimum atomic E-state index is -3.44. The van der Waals surface area contributed by atoms with Gasteiger partial charge in [-0.1, -0.05) is 18.2 Å². The monoisotopic (exact) mass is 274 g/mol. The first-order valence-corrected chi connectivity index (χ1v) is 8.19. The largest absolute Gasteiger partial charge is 0.490 e. The molecule has 1 aliphatic carbocycles. The van der Waals surface area contributed by atoms with Gasteiger partial charge in [0.2, 0.25) is 9.05 Å². The van der Waals surface area contributed by atoms with Crippen molar-refractivity contribution in [3.63, 3.8) is 0 Å². The van der Waals surface area contributed by atoms with E-state index in [0.29, 0.717) is 12.5 Å². The van der Waals surface area contributed by atoms with Crippen molar-refractivity contribution < 1.29 is 13.2 Å². The fourth-order valence-corrected chi connectivity index (χ4v) is 2.42. The molecule has 1 fully saturated rings. The summed E-state index contributed by atoms with van der Waals surface area (Å²) in [6.45, 7) is 0. The molecule has 1 aliphatic rings. The average molecular weight is 275 g/mol. The summed E-state index contributed by atoms with van der Waals surface area (Å²) >= 11 is 0. The molecule has 0 spiro atoms. The quantitative estimate of drug-likeness (QED) is 0.776. The van der Waals surface area contributed by atoms with Crippen LogP contribution in [0.1, 0.15) is 24.8 Å². The van der Waals surface area contributed by atoms with Crippen LogP contribution < -0.4 is 4.74 Å². The molecule has 0 saturated heterocycles. The lowest BCUT2D eigenvalue weighted by atomic mass is 9.96. The van der Waals surface area contributed by atoms with Gasteiger partial charge >= 0.3 is 0 Å². The molecular formula is C12H15ClO3S. The number of hydrogen-bond acceptors (Lipinski definition) is 3. The highest BCUT2D eigenvalue weighted by atomic mass is 35.7. The molecule has 0 unspecified atom stereocenters. The third kappa shape index (κ3) is 3.89. The van der Waals surface area contributed by atoms with Crippen LogP contribution in [0.5, 0.6) is 5.75 Å². The summed E-state index contributed by atoms with van der Waals surface area (Å²) in [5.74, 6) is 0.733. The second-order valence-corrected chi connectivity index (χ2v) is 7.17. The maximum Gasteiger partial charge on any atom is 0.232 e. The first-order chi connectivity index (χ1) is 8.04. The summed E-state index contributed by atoms with van der Waals surface area (Å²) in [5, 5.41) is 0. The lowest BCUT2D eigenvalue weighted by Crippen LogP contribution is -2.25. The molecule has 0 aliphatic heterocycles. The lowest BCUT2D eigenvalue weighted by molar-refractivity contribution is 0.119. The van der Waals surface area contributed by atoms with Crippen LogP contribution in [0.4, 0.5) is 0 Å². The zero-order valence-electron chi connectivity index (χ0n) is 9.43. The maximum absolute atomic E-state index is 10.9. The van der Waals surface area contributed by atoms with Gasteiger partial charge in [-0.3, -0.25) is 0 Å². The van der Waals surface area contributed by atoms with Crippen LogP contribution in [0.25, 0.3) is 0 Å². The molecule has 94 valence electrons. The molecule has 0 N–H and O–H groups in total. The lowest BCUT2D eigenvalue weighted by Gasteiger charge is -2.27. The van der Waals surface area contributed by atoms with E-state index in [1.54, 1.807) is 0 Å². The van der Waals surface area contributed by atoms with Gasteiger partial charge in [-0.25, -0.2) is 8.42 Å². The first kappa shape index (κ1) is 12.7. The van der Waals surface area contributed by atoms with E-state index in [0.717, 1.165) is 24.2 Å². The minimum Gasteiger partial charge on any atom is -0.490 e. The predicted molar refractivity (Wildman–Crippen MR) is 68.1 cm³/mol. The summed E-state index contributed by atoms with van der Waals surface area (Å²) in [6.07, 6.45) is 4.07. The molecule has 0 bridgehead atoms. The zero-order valence-corrected chi connectivity index (χ0v) is 11.0. The van der Waals surface area contributed by atoms with E-state index in [1.807, 2.05) is 24.3 Å². The van der Waals surface area contributed by atoms with Crippen LogP contribution in [0, 0.1) is 0 Å². The number of halogens is 1. The van der Waals surface area contributed by atoms with E-state index < -0.39 is 9.05 Å². The first-order valence-electron chi connectivity index (χ1n) is 5.71. The van der Waals surface area contributed by atoms with Crippen LogP contribution in [0.2, 0.25) is 0 Å². The molecule has 3 nitrogen and oxygen atoms in total. The van der Waals surface area contributed by atoms with Gasteiger partial charge in [0.25, 0.3) is 0 Å². The summed E-state index contributed by atoms with van der Waals surface area (Å²) in [4.78, 5) is 0. The molecule has 0 heterocycles. The number of para-hydroxylation sites is 1. The molecule has 1 aromatic carbocycles. The minimum absolute atomic E-state index is 0.0560. The van der Waals surface area contributed by atoms with Crippen molar-refractivity contribution in [3.8, 4) is 5.75 Å². The molecular weight excluding hydrogens is 260 g/mol. The Labute approximate surface area is 106 Å². The zero-order chi connectivity index (χ0) is 12.3. The van der Waals surface area contributed by atoms with Crippen LogP contribution >= 0.6 is 10.7 Å². The van der Waals surface area contributed by atoms with Gasteiger partial charge in [-0.05, 0) is 37.3 Å². The van der Waals surface area contributed by atoms with Crippen LogP contribution in [-0.4, -0.2) is 20.3 Å². The maximum atomic E-state index is 10.9.